The number of allylic oxidation sites excluding steroid dienone is 2. The Morgan fingerprint density at radius 2 is 2.00 bits per heavy atom. The Balaban J connectivity index is 2.50. The van der Waals surface area contributed by atoms with Gasteiger partial charge in [0.15, 0.2) is 0 Å². The molecule has 0 amide bonds. The van der Waals surface area contributed by atoms with E-state index in [9.17, 15) is 5.11 Å². The Hall–Kier alpha value is -1.24. The second-order valence-corrected chi connectivity index (χ2v) is 5.04. The molecule has 0 aliphatic heterocycles. The van der Waals surface area contributed by atoms with Gasteiger partial charge in [-0.25, -0.2) is 0 Å². The van der Waals surface area contributed by atoms with Crippen molar-refractivity contribution in [3.8, 4) is 5.75 Å². The summed E-state index contributed by atoms with van der Waals surface area (Å²) in [5.41, 5.74) is 5.14. The summed E-state index contributed by atoms with van der Waals surface area (Å²) in [5, 5.41) is 9.81. The molecule has 0 radical (unpaired) electrons. The first-order valence-electron chi connectivity index (χ1n) is 6.06. The molecule has 16 heavy (non-hydrogen) atoms. The molecule has 1 nitrogen and oxygen atoms in total. The molecule has 1 heteroatoms. The van der Waals surface area contributed by atoms with Crippen molar-refractivity contribution in [2.45, 2.75) is 46.0 Å². The van der Waals surface area contributed by atoms with Gasteiger partial charge in [0.05, 0.1) is 0 Å². The molecule has 0 saturated carbocycles. The standard InChI is InChI=1S/C15H20O/c1-10-5-4-6-11(2)14-9-15(16)12(3)8-13(14)7-10/h5,8-9,11,16H,4,6-7H2,1-3H3/t11-/m1/s1. The first kappa shape index (κ1) is 11.3. The monoisotopic (exact) mass is 216 g/mol. The number of phenolic OH excluding ortho intramolecular Hbond substituents is 1. The molecule has 86 valence electrons. The molecule has 0 fully saturated rings. The van der Waals surface area contributed by atoms with E-state index in [0.717, 1.165) is 18.4 Å². The number of phenols is 1. The molecule has 1 aromatic carbocycles. The van der Waals surface area contributed by atoms with Crippen LogP contribution in [0.1, 0.15) is 49.3 Å². The first-order chi connectivity index (χ1) is 7.58. The van der Waals surface area contributed by atoms with E-state index in [4.69, 9.17) is 0 Å². The predicted molar refractivity (Wildman–Crippen MR) is 68.0 cm³/mol. The summed E-state index contributed by atoms with van der Waals surface area (Å²) in [4.78, 5) is 0. The third kappa shape index (κ3) is 2.13. The first-order valence-corrected chi connectivity index (χ1v) is 6.06. The summed E-state index contributed by atoms with van der Waals surface area (Å²) in [6.45, 7) is 6.42. The average Bonchev–Trinajstić information content (AvgIpc) is 2.21. The lowest BCUT2D eigenvalue weighted by atomic mass is 9.85. The van der Waals surface area contributed by atoms with Crippen LogP contribution in [0.3, 0.4) is 0 Å². The van der Waals surface area contributed by atoms with Gasteiger partial charge in [-0.05, 0) is 61.8 Å². The molecule has 0 aromatic heterocycles. The van der Waals surface area contributed by atoms with Crippen molar-refractivity contribution in [3.05, 3.63) is 40.5 Å². The Bertz CT molecular complexity index is 429. The molecule has 1 aromatic rings. The van der Waals surface area contributed by atoms with E-state index in [1.54, 1.807) is 0 Å². The molecule has 1 aliphatic rings. The van der Waals surface area contributed by atoms with E-state index in [2.05, 4.69) is 26.0 Å². The van der Waals surface area contributed by atoms with Crippen molar-refractivity contribution in [2.24, 2.45) is 0 Å². The van der Waals surface area contributed by atoms with Crippen LogP contribution in [0.2, 0.25) is 0 Å². The van der Waals surface area contributed by atoms with Gasteiger partial charge in [0.25, 0.3) is 0 Å². The van der Waals surface area contributed by atoms with Crippen molar-refractivity contribution in [3.63, 3.8) is 0 Å². The van der Waals surface area contributed by atoms with E-state index >= 15 is 0 Å². The normalized spacial score (nSPS) is 20.7. The van der Waals surface area contributed by atoms with Gasteiger partial charge >= 0.3 is 0 Å². The molecule has 0 spiro atoms. The minimum atomic E-state index is 0.438. The molecule has 1 N–H and O–H groups in total. The summed E-state index contributed by atoms with van der Waals surface area (Å²) in [5.74, 6) is 0.985. The number of rotatable bonds is 0. The minimum Gasteiger partial charge on any atom is -0.508 e. The second-order valence-electron chi connectivity index (χ2n) is 5.04. The van der Waals surface area contributed by atoms with Crippen LogP contribution in [0.4, 0.5) is 0 Å². The molecular weight excluding hydrogens is 196 g/mol. The summed E-state index contributed by atoms with van der Waals surface area (Å²) >= 11 is 0. The highest BCUT2D eigenvalue weighted by molar-refractivity contribution is 5.44. The number of hydrogen-bond acceptors (Lipinski definition) is 1. The summed E-state index contributed by atoms with van der Waals surface area (Å²) < 4.78 is 0. The molecule has 0 bridgehead atoms. The second kappa shape index (κ2) is 4.32. The van der Waals surface area contributed by atoms with Crippen LogP contribution in [0.25, 0.3) is 0 Å². The topological polar surface area (TPSA) is 20.2 Å². The summed E-state index contributed by atoms with van der Waals surface area (Å²) in [6, 6.07) is 4.11. The van der Waals surface area contributed by atoms with E-state index in [1.165, 1.54) is 23.1 Å². The molecule has 1 aliphatic carbocycles. The van der Waals surface area contributed by atoms with Crippen LogP contribution in [0.15, 0.2) is 23.8 Å². The zero-order valence-corrected chi connectivity index (χ0v) is 10.4. The van der Waals surface area contributed by atoms with Crippen molar-refractivity contribution in [2.75, 3.05) is 0 Å². The maximum Gasteiger partial charge on any atom is 0.118 e. The number of benzene rings is 1. The van der Waals surface area contributed by atoms with E-state index < -0.39 is 0 Å². The van der Waals surface area contributed by atoms with Gasteiger partial charge in [-0.2, -0.15) is 0 Å². The SMILES string of the molecule is CC1=CCC[C@@H](C)c2cc(O)c(C)cc2C1. The number of aromatic hydroxyl groups is 1. The zero-order valence-electron chi connectivity index (χ0n) is 10.4. The lowest BCUT2D eigenvalue weighted by Crippen LogP contribution is -2.04. The molecule has 2 rings (SSSR count). The van der Waals surface area contributed by atoms with Gasteiger partial charge in [-0.3, -0.25) is 0 Å². The van der Waals surface area contributed by atoms with Gasteiger partial charge in [0, 0.05) is 0 Å². The Morgan fingerprint density at radius 3 is 2.75 bits per heavy atom. The quantitative estimate of drug-likeness (QED) is 0.648. The molecule has 0 saturated heterocycles. The number of fused-ring (bicyclic) bond motifs is 1. The highest BCUT2D eigenvalue weighted by Crippen LogP contribution is 2.33. The third-order valence-corrected chi connectivity index (χ3v) is 3.55. The maximum absolute atomic E-state index is 9.81. The summed E-state index contributed by atoms with van der Waals surface area (Å²) in [7, 11) is 0. The van der Waals surface area contributed by atoms with Gasteiger partial charge in [0.1, 0.15) is 5.75 Å². The van der Waals surface area contributed by atoms with Gasteiger partial charge < -0.3 is 5.11 Å². The van der Waals surface area contributed by atoms with Crippen LogP contribution in [0.5, 0.6) is 5.75 Å². The molecular formula is C15H20O. The summed E-state index contributed by atoms with van der Waals surface area (Å²) in [6.07, 6.45) is 5.70. The number of aryl methyl sites for hydroxylation is 1. The predicted octanol–water partition coefficient (Wildman–Crippen LogP) is 4.09. The molecule has 0 unspecified atom stereocenters. The van der Waals surface area contributed by atoms with Crippen molar-refractivity contribution in [1.82, 2.24) is 0 Å². The van der Waals surface area contributed by atoms with E-state index in [-0.39, 0.29) is 0 Å². The van der Waals surface area contributed by atoms with Crippen LogP contribution in [-0.4, -0.2) is 5.11 Å². The Morgan fingerprint density at radius 1 is 1.25 bits per heavy atom. The third-order valence-electron chi connectivity index (χ3n) is 3.55. The van der Waals surface area contributed by atoms with Gasteiger partial charge in [0.2, 0.25) is 0 Å². The minimum absolute atomic E-state index is 0.438. The van der Waals surface area contributed by atoms with Crippen LogP contribution in [0, 0.1) is 6.92 Å². The van der Waals surface area contributed by atoms with Gasteiger partial charge in [-0.1, -0.05) is 24.6 Å². The smallest absolute Gasteiger partial charge is 0.118 e. The van der Waals surface area contributed by atoms with Crippen LogP contribution >= 0.6 is 0 Å². The highest BCUT2D eigenvalue weighted by Gasteiger charge is 2.15. The van der Waals surface area contributed by atoms with Crippen molar-refractivity contribution < 1.29 is 5.11 Å². The Labute approximate surface area is 97.8 Å². The van der Waals surface area contributed by atoms with Crippen molar-refractivity contribution in [1.29, 1.82) is 0 Å². The Kier molecular flexibility index (Phi) is 3.04. The zero-order chi connectivity index (χ0) is 11.7. The highest BCUT2D eigenvalue weighted by atomic mass is 16.3. The molecule has 0 heterocycles. The van der Waals surface area contributed by atoms with E-state index in [0.29, 0.717) is 11.7 Å². The van der Waals surface area contributed by atoms with Crippen LogP contribution in [-0.2, 0) is 6.42 Å². The average molecular weight is 216 g/mol. The lowest BCUT2D eigenvalue weighted by Gasteiger charge is -2.20. The van der Waals surface area contributed by atoms with Gasteiger partial charge in [-0.15, -0.1) is 0 Å². The fourth-order valence-corrected chi connectivity index (χ4v) is 2.49. The van der Waals surface area contributed by atoms with E-state index in [1.807, 2.05) is 13.0 Å². The fourth-order valence-electron chi connectivity index (χ4n) is 2.49. The molecule has 1 atom stereocenters. The maximum atomic E-state index is 9.81. The van der Waals surface area contributed by atoms with Crippen molar-refractivity contribution >= 4 is 0 Å². The number of hydrogen-bond donors (Lipinski definition) is 1. The lowest BCUT2D eigenvalue weighted by molar-refractivity contribution is 0.468. The fraction of sp³-hybridized carbons (Fsp3) is 0.467. The largest absolute Gasteiger partial charge is 0.508 e. The van der Waals surface area contributed by atoms with Crippen LogP contribution < -0.4 is 0 Å².